The van der Waals surface area contributed by atoms with E-state index >= 15 is 0 Å². The van der Waals surface area contributed by atoms with Crippen LogP contribution in [0.4, 0.5) is 0 Å². The molecule has 0 bridgehead atoms. The Labute approximate surface area is 105 Å². The molecule has 0 unspecified atom stereocenters. The molecule has 1 aromatic carbocycles. The zero-order valence-electron chi connectivity index (χ0n) is 10.3. The molecule has 5 nitrogen and oxygen atoms in total. The average molecular weight is 246 g/mol. The van der Waals surface area contributed by atoms with Crippen LogP contribution in [-0.4, -0.2) is 29.7 Å². The third-order valence-electron chi connectivity index (χ3n) is 2.43. The number of rotatable bonds is 4. The van der Waals surface area contributed by atoms with Crippen LogP contribution in [0.15, 0.2) is 30.5 Å². The Balaban J connectivity index is 2.20. The van der Waals surface area contributed by atoms with E-state index in [9.17, 15) is 4.79 Å². The van der Waals surface area contributed by atoms with Crippen LogP contribution in [0.1, 0.15) is 17.4 Å². The SMILES string of the molecule is CCOC(=O)c1cnc(-c2ccc(OC)cc2)[nH]1. The number of imidazole rings is 1. The summed E-state index contributed by atoms with van der Waals surface area (Å²) in [5.41, 5.74) is 1.23. The van der Waals surface area contributed by atoms with Crippen molar-refractivity contribution in [3.8, 4) is 17.1 Å². The molecule has 0 amide bonds. The molecule has 5 heteroatoms. The van der Waals surface area contributed by atoms with Gasteiger partial charge in [0, 0.05) is 5.56 Å². The number of nitrogens with one attached hydrogen (secondary N) is 1. The highest BCUT2D eigenvalue weighted by atomic mass is 16.5. The summed E-state index contributed by atoms with van der Waals surface area (Å²) in [5.74, 6) is 1.00. The van der Waals surface area contributed by atoms with E-state index in [-0.39, 0.29) is 0 Å². The van der Waals surface area contributed by atoms with Crippen molar-refractivity contribution < 1.29 is 14.3 Å². The number of hydrogen-bond donors (Lipinski definition) is 1. The number of nitrogens with zero attached hydrogens (tertiary/aromatic N) is 1. The van der Waals surface area contributed by atoms with Crippen LogP contribution in [0.5, 0.6) is 5.75 Å². The predicted octanol–water partition coefficient (Wildman–Crippen LogP) is 2.26. The minimum atomic E-state index is -0.398. The summed E-state index contributed by atoms with van der Waals surface area (Å²) < 4.78 is 9.96. The first-order chi connectivity index (χ1) is 8.74. The van der Waals surface area contributed by atoms with E-state index in [1.807, 2.05) is 24.3 Å². The number of aromatic nitrogens is 2. The summed E-state index contributed by atoms with van der Waals surface area (Å²) in [4.78, 5) is 18.5. The van der Waals surface area contributed by atoms with Gasteiger partial charge in [-0.1, -0.05) is 0 Å². The minimum absolute atomic E-state index is 0.343. The number of aromatic amines is 1. The molecular weight excluding hydrogens is 232 g/mol. The lowest BCUT2D eigenvalue weighted by atomic mass is 10.2. The van der Waals surface area contributed by atoms with Crippen molar-refractivity contribution in [3.63, 3.8) is 0 Å². The maximum absolute atomic E-state index is 11.5. The van der Waals surface area contributed by atoms with Gasteiger partial charge in [0.05, 0.1) is 19.9 Å². The van der Waals surface area contributed by atoms with Gasteiger partial charge in [-0.25, -0.2) is 9.78 Å². The van der Waals surface area contributed by atoms with Crippen LogP contribution >= 0.6 is 0 Å². The first-order valence-corrected chi connectivity index (χ1v) is 5.61. The normalized spacial score (nSPS) is 10.1. The fourth-order valence-electron chi connectivity index (χ4n) is 1.53. The third-order valence-corrected chi connectivity index (χ3v) is 2.43. The van der Waals surface area contributed by atoms with E-state index in [0.29, 0.717) is 18.1 Å². The van der Waals surface area contributed by atoms with Crippen molar-refractivity contribution in [2.24, 2.45) is 0 Å². The molecule has 18 heavy (non-hydrogen) atoms. The van der Waals surface area contributed by atoms with Crippen LogP contribution in [0, 0.1) is 0 Å². The molecule has 1 aromatic heterocycles. The lowest BCUT2D eigenvalue weighted by Gasteiger charge is -2.01. The zero-order chi connectivity index (χ0) is 13.0. The molecule has 94 valence electrons. The third kappa shape index (κ3) is 2.51. The fourth-order valence-corrected chi connectivity index (χ4v) is 1.53. The van der Waals surface area contributed by atoms with Gasteiger partial charge in [-0.2, -0.15) is 0 Å². The highest BCUT2D eigenvalue weighted by Gasteiger charge is 2.11. The van der Waals surface area contributed by atoms with Gasteiger partial charge in [-0.05, 0) is 31.2 Å². The van der Waals surface area contributed by atoms with E-state index in [4.69, 9.17) is 9.47 Å². The van der Waals surface area contributed by atoms with Gasteiger partial charge in [-0.3, -0.25) is 0 Å². The summed E-state index contributed by atoms with van der Waals surface area (Å²) >= 11 is 0. The lowest BCUT2D eigenvalue weighted by molar-refractivity contribution is 0.0520. The molecule has 1 N–H and O–H groups in total. The Morgan fingerprint density at radius 3 is 2.67 bits per heavy atom. The van der Waals surface area contributed by atoms with Crippen molar-refractivity contribution in [3.05, 3.63) is 36.2 Å². The van der Waals surface area contributed by atoms with Crippen molar-refractivity contribution in [2.75, 3.05) is 13.7 Å². The molecule has 0 saturated heterocycles. The first-order valence-electron chi connectivity index (χ1n) is 5.61. The lowest BCUT2D eigenvalue weighted by Crippen LogP contribution is -2.04. The maximum Gasteiger partial charge on any atom is 0.356 e. The number of carbonyl (C=O) groups excluding carboxylic acids is 1. The van der Waals surface area contributed by atoms with Gasteiger partial charge in [-0.15, -0.1) is 0 Å². The van der Waals surface area contributed by atoms with E-state index in [2.05, 4.69) is 9.97 Å². The molecule has 0 radical (unpaired) electrons. The Hall–Kier alpha value is -2.30. The van der Waals surface area contributed by atoms with Crippen LogP contribution in [0.25, 0.3) is 11.4 Å². The van der Waals surface area contributed by atoms with Gasteiger partial charge in [0.2, 0.25) is 0 Å². The van der Waals surface area contributed by atoms with Crippen molar-refractivity contribution in [1.82, 2.24) is 9.97 Å². The number of H-pyrrole nitrogens is 1. The Kier molecular flexibility index (Phi) is 3.62. The second-order valence-corrected chi connectivity index (χ2v) is 3.59. The minimum Gasteiger partial charge on any atom is -0.497 e. The summed E-state index contributed by atoms with van der Waals surface area (Å²) in [6.07, 6.45) is 1.47. The molecule has 0 fully saturated rings. The van der Waals surface area contributed by atoms with Crippen LogP contribution < -0.4 is 4.74 Å². The number of carbonyl (C=O) groups is 1. The molecule has 0 spiro atoms. The number of benzene rings is 1. The average Bonchev–Trinajstić information content (AvgIpc) is 2.89. The highest BCUT2D eigenvalue weighted by Crippen LogP contribution is 2.19. The molecule has 0 aliphatic rings. The van der Waals surface area contributed by atoms with E-state index in [0.717, 1.165) is 11.3 Å². The van der Waals surface area contributed by atoms with Gasteiger partial charge in [0.15, 0.2) is 0 Å². The fraction of sp³-hybridized carbons (Fsp3) is 0.231. The van der Waals surface area contributed by atoms with E-state index < -0.39 is 5.97 Å². The second-order valence-electron chi connectivity index (χ2n) is 3.59. The van der Waals surface area contributed by atoms with Gasteiger partial charge < -0.3 is 14.5 Å². The quantitative estimate of drug-likeness (QED) is 0.840. The Morgan fingerprint density at radius 2 is 2.06 bits per heavy atom. The molecule has 1 heterocycles. The number of methoxy groups -OCH3 is 1. The molecule has 2 rings (SSSR count). The van der Waals surface area contributed by atoms with E-state index in [1.54, 1.807) is 14.0 Å². The molecule has 0 saturated carbocycles. The Bertz CT molecular complexity index is 531. The molecule has 0 atom stereocenters. The molecule has 0 aliphatic heterocycles. The van der Waals surface area contributed by atoms with Gasteiger partial charge in [0.25, 0.3) is 0 Å². The van der Waals surface area contributed by atoms with Crippen molar-refractivity contribution >= 4 is 5.97 Å². The summed E-state index contributed by atoms with van der Waals surface area (Å²) in [7, 11) is 1.61. The maximum atomic E-state index is 11.5. The first kappa shape index (κ1) is 12.2. The van der Waals surface area contributed by atoms with Crippen molar-refractivity contribution in [1.29, 1.82) is 0 Å². The van der Waals surface area contributed by atoms with Gasteiger partial charge >= 0.3 is 5.97 Å². The summed E-state index contributed by atoms with van der Waals surface area (Å²) in [6, 6.07) is 7.41. The van der Waals surface area contributed by atoms with Gasteiger partial charge in [0.1, 0.15) is 17.3 Å². The van der Waals surface area contributed by atoms with E-state index in [1.165, 1.54) is 6.20 Å². The number of ether oxygens (including phenoxy) is 2. The summed E-state index contributed by atoms with van der Waals surface area (Å²) in [5, 5.41) is 0. The molecular formula is C13H14N2O3. The van der Waals surface area contributed by atoms with Crippen molar-refractivity contribution in [2.45, 2.75) is 6.92 Å². The molecule has 0 aliphatic carbocycles. The smallest absolute Gasteiger partial charge is 0.356 e. The zero-order valence-corrected chi connectivity index (χ0v) is 10.3. The largest absolute Gasteiger partial charge is 0.497 e. The predicted molar refractivity (Wildman–Crippen MR) is 66.5 cm³/mol. The molecule has 2 aromatic rings. The second kappa shape index (κ2) is 5.35. The monoisotopic (exact) mass is 246 g/mol. The van der Waals surface area contributed by atoms with Crippen LogP contribution in [0.2, 0.25) is 0 Å². The standard InChI is InChI=1S/C13H14N2O3/c1-3-18-13(16)11-8-14-12(15-11)9-4-6-10(17-2)7-5-9/h4-8H,3H2,1-2H3,(H,14,15). The Morgan fingerprint density at radius 1 is 1.33 bits per heavy atom. The number of hydrogen-bond acceptors (Lipinski definition) is 4. The number of esters is 1. The highest BCUT2D eigenvalue weighted by molar-refractivity contribution is 5.87. The van der Waals surface area contributed by atoms with Crippen LogP contribution in [0.3, 0.4) is 0 Å². The van der Waals surface area contributed by atoms with Crippen LogP contribution in [-0.2, 0) is 4.74 Å². The topological polar surface area (TPSA) is 64.2 Å². The summed E-state index contributed by atoms with van der Waals surface area (Å²) in [6.45, 7) is 2.11.